The van der Waals surface area contributed by atoms with Crippen molar-refractivity contribution in [2.75, 3.05) is 0 Å². The molecule has 0 aliphatic heterocycles. The minimum absolute atomic E-state index is 0.457. The van der Waals surface area contributed by atoms with Crippen molar-refractivity contribution in [2.45, 2.75) is 6.42 Å². The summed E-state index contributed by atoms with van der Waals surface area (Å²) in [5, 5.41) is 0. The van der Waals surface area contributed by atoms with Crippen LogP contribution in [-0.4, -0.2) is 10.9 Å². The number of pyridine rings is 1. The van der Waals surface area contributed by atoms with E-state index in [1.54, 1.807) is 30.9 Å². The van der Waals surface area contributed by atoms with Gasteiger partial charge >= 0.3 is 0 Å². The number of carbonyl (C=O) groups is 1. The first kappa shape index (κ1) is 9.45. The van der Waals surface area contributed by atoms with Gasteiger partial charge in [-0.1, -0.05) is 0 Å². The highest BCUT2D eigenvalue weighted by atomic mass is 16.3. The van der Waals surface area contributed by atoms with Gasteiger partial charge in [-0.2, -0.15) is 0 Å². The van der Waals surface area contributed by atoms with Crippen molar-refractivity contribution >= 4 is 5.91 Å². The second kappa shape index (κ2) is 3.96. The molecule has 2 aromatic rings. The molecule has 2 heterocycles. The number of rotatable bonds is 3. The number of furan rings is 1. The fourth-order valence-electron chi connectivity index (χ4n) is 1.39. The number of aromatic nitrogens is 1. The van der Waals surface area contributed by atoms with E-state index in [0.29, 0.717) is 17.7 Å². The Bertz CT molecular complexity index is 463. The summed E-state index contributed by atoms with van der Waals surface area (Å²) >= 11 is 0. The van der Waals surface area contributed by atoms with Crippen LogP contribution < -0.4 is 5.73 Å². The number of hydrogen-bond acceptors (Lipinski definition) is 3. The Labute approximate surface area is 86.7 Å². The van der Waals surface area contributed by atoms with Crippen molar-refractivity contribution in [2.24, 2.45) is 5.73 Å². The van der Waals surface area contributed by atoms with Crippen LogP contribution in [0, 0.1) is 0 Å². The van der Waals surface area contributed by atoms with Crippen molar-refractivity contribution < 1.29 is 9.21 Å². The van der Waals surface area contributed by atoms with E-state index >= 15 is 0 Å². The summed E-state index contributed by atoms with van der Waals surface area (Å²) in [6, 6.07) is 5.20. The minimum Gasteiger partial charge on any atom is -0.472 e. The zero-order chi connectivity index (χ0) is 10.7. The summed E-state index contributed by atoms with van der Waals surface area (Å²) in [7, 11) is 0. The standard InChI is InChI=1S/C11H10N2O2/c12-11(14)9-2-1-4-13-10(9)6-8-3-5-15-7-8/h1-5,7H,6H2,(H2,12,14). The van der Waals surface area contributed by atoms with Gasteiger partial charge < -0.3 is 10.2 Å². The molecule has 0 bridgehead atoms. The second-order valence-corrected chi connectivity index (χ2v) is 3.17. The predicted molar refractivity (Wildman–Crippen MR) is 54.3 cm³/mol. The van der Waals surface area contributed by atoms with E-state index in [1.165, 1.54) is 0 Å². The Morgan fingerprint density at radius 1 is 1.47 bits per heavy atom. The molecule has 0 fully saturated rings. The van der Waals surface area contributed by atoms with Crippen LogP contribution in [0.4, 0.5) is 0 Å². The van der Waals surface area contributed by atoms with E-state index < -0.39 is 5.91 Å². The van der Waals surface area contributed by atoms with Crippen LogP contribution in [0.5, 0.6) is 0 Å². The largest absolute Gasteiger partial charge is 0.472 e. The molecule has 1 amide bonds. The monoisotopic (exact) mass is 202 g/mol. The zero-order valence-corrected chi connectivity index (χ0v) is 8.01. The molecular weight excluding hydrogens is 192 g/mol. The molecule has 4 heteroatoms. The van der Waals surface area contributed by atoms with E-state index in [4.69, 9.17) is 10.2 Å². The Hall–Kier alpha value is -2.10. The molecule has 0 unspecified atom stereocenters. The fourth-order valence-corrected chi connectivity index (χ4v) is 1.39. The summed E-state index contributed by atoms with van der Waals surface area (Å²) in [6.07, 6.45) is 5.40. The number of primary amides is 1. The maximum atomic E-state index is 11.1. The zero-order valence-electron chi connectivity index (χ0n) is 8.01. The number of amides is 1. The van der Waals surface area contributed by atoms with Gasteiger partial charge in [0.1, 0.15) is 0 Å². The molecule has 0 radical (unpaired) electrons. The van der Waals surface area contributed by atoms with Crippen molar-refractivity contribution in [1.82, 2.24) is 4.98 Å². The lowest BCUT2D eigenvalue weighted by atomic mass is 10.1. The minimum atomic E-state index is -0.457. The third kappa shape index (κ3) is 2.04. The number of nitrogens with two attached hydrogens (primary N) is 1. The second-order valence-electron chi connectivity index (χ2n) is 3.17. The van der Waals surface area contributed by atoms with E-state index in [0.717, 1.165) is 5.56 Å². The van der Waals surface area contributed by atoms with Crippen molar-refractivity contribution in [3.63, 3.8) is 0 Å². The molecule has 0 aliphatic carbocycles. The maximum absolute atomic E-state index is 11.1. The summed E-state index contributed by atoms with van der Waals surface area (Å²) in [6.45, 7) is 0. The third-order valence-electron chi connectivity index (χ3n) is 2.11. The van der Waals surface area contributed by atoms with Crippen molar-refractivity contribution in [1.29, 1.82) is 0 Å². The molecule has 15 heavy (non-hydrogen) atoms. The number of nitrogens with zero attached hydrogens (tertiary/aromatic N) is 1. The van der Waals surface area contributed by atoms with Gasteiger partial charge in [-0.25, -0.2) is 0 Å². The van der Waals surface area contributed by atoms with Gasteiger partial charge in [-0.15, -0.1) is 0 Å². The predicted octanol–water partition coefficient (Wildman–Crippen LogP) is 1.36. The smallest absolute Gasteiger partial charge is 0.250 e. The SMILES string of the molecule is NC(=O)c1cccnc1Cc1ccoc1. The molecule has 0 atom stereocenters. The van der Waals surface area contributed by atoms with E-state index in [9.17, 15) is 4.79 Å². The van der Waals surface area contributed by atoms with E-state index in [2.05, 4.69) is 4.98 Å². The molecule has 0 saturated heterocycles. The average Bonchev–Trinajstić information content (AvgIpc) is 2.71. The Balaban J connectivity index is 2.32. The molecule has 0 aromatic carbocycles. The van der Waals surface area contributed by atoms with E-state index in [1.807, 2.05) is 6.07 Å². The summed E-state index contributed by atoms with van der Waals surface area (Å²) in [5.74, 6) is -0.457. The lowest BCUT2D eigenvalue weighted by molar-refractivity contribution is 0.0999. The molecular formula is C11H10N2O2. The quantitative estimate of drug-likeness (QED) is 0.817. The Morgan fingerprint density at radius 3 is 3.00 bits per heavy atom. The molecule has 4 nitrogen and oxygen atoms in total. The van der Waals surface area contributed by atoms with Gasteiger partial charge in [-0.05, 0) is 23.8 Å². The third-order valence-corrected chi connectivity index (χ3v) is 2.11. The van der Waals surface area contributed by atoms with Gasteiger partial charge in [0, 0.05) is 12.6 Å². The van der Waals surface area contributed by atoms with Gasteiger partial charge in [-0.3, -0.25) is 9.78 Å². The maximum Gasteiger partial charge on any atom is 0.250 e. The van der Waals surface area contributed by atoms with Crippen LogP contribution in [0.1, 0.15) is 21.6 Å². The first-order valence-electron chi connectivity index (χ1n) is 4.52. The van der Waals surface area contributed by atoms with E-state index in [-0.39, 0.29) is 0 Å². The van der Waals surface area contributed by atoms with Crippen molar-refractivity contribution in [3.05, 3.63) is 53.7 Å². The molecule has 2 N–H and O–H groups in total. The molecule has 2 rings (SSSR count). The Morgan fingerprint density at radius 2 is 2.33 bits per heavy atom. The van der Waals surface area contributed by atoms with Crippen molar-refractivity contribution in [3.8, 4) is 0 Å². The molecule has 0 spiro atoms. The van der Waals surface area contributed by atoms with Gasteiger partial charge in [0.05, 0.1) is 23.8 Å². The molecule has 0 saturated carbocycles. The van der Waals surface area contributed by atoms with Crippen LogP contribution in [0.25, 0.3) is 0 Å². The molecule has 2 aromatic heterocycles. The molecule has 0 aliphatic rings. The van der Waals surface area contributed by atoms with Crippen LogP contribution in [0.3, 0.4) is 0 Å². The van der Waals surface area contributed by atoms with Crippen LogP contribution in [0.15, 0.2) is 41.3 Å². The normalized spacial score (nSPS) is 10.1. The Kier molecular flexibility index (Phi) is 2.49. The first-order chi connectivity index (χ1) is 7.27. The lowest BCUT2D eigenvalue weighted by Gasteiger charge is -2.02. The fraction of sp³-hybridized carbons (Fsp3) is 0.0909. The number of carbonyl (C=O) groups excluding carboxylic acids is 1. The van der Waals surface area contributed by atoms with Crippen LogP contribution in [0.2, 0.25) is 0 Å². The number of hydrogen-bond donors (Lipinski definition) is 1. The van der Waals surface area contributed by atoms with Gasteiger partial charge in [0.2, 0.25) is 0 Å². The average molecular weight is 202 g/mol. The highest BCUT2D eigenvalue weighted by Crippen LogP contribution is 2.11. The van der Waals surface area contributed by atoms with Crippen LogP contribution in [-0.2, 0) is 6.42 Å². The topological polar surface area (TPSA) is 69.1 Å². The lowest BCUT2D eigenvalue weighted by Crippen LogP contribution is -2.14. The summed E-state index contributed by atoms with van der Waals surface area (Å²) < 4.78 is 4.94. The highest BCUT2D eigenvalue weighted by Gasteiger charge is 2.09. The molecule has 76 valence electrons. The van der Waals surface area contributed by atoms with Crippen LogP contribution >= 0.6 is 0 Å². The van der Waals surface area contributed by atoms with Gasteiger partial charge in [0.25, 0.3) is 5.91 Å². The van der Waals surface area contributed by atoms with Gasteiger partial charge in [0.15, 0.2) is 0 Å². The first-order valence-corrected chi connectivity index (χ1v) is 4.52. The highest BCUT2D eigenvalue weighted by molar-refractivity contribution is 5.93. The summed E-state index contributed by atoms with van der Waals surface area (Å²) in [5.41, 5.74) is 7.34. The summed E-state index contributed by atoms with van der Waals surface area (Å²) in [4.78, 5) is 15.2.